The van der Waals surface area contributed by atoms with Crippen molar-refractivity contribution in [1.29, 1.82) is 0 Å². The molecule has 2 aromatic rings. The van der Waals surface area contributed by atoms with Gasteiger partial charge in [-0.15, -0.1) is 0 Å². The summed E-state index contributed by atoms with van der Waals surface area (Å²) in [6.45, 7) is 8.99. The van der Waals surface area contributed by atoms with Crippen LogP contribution in [0.5, 0.6) is 5.75 Å². The molecule has 194 valence electrons. The molecule has 1 heterocycles. The summed E-state index contributed by atoms with van der Waals surface area (Å²) >= 11 is 0. The fourth-order valence-corrected chi connectivity index (χ4v) is 4.07. The van der Waals surface area contributed by atoms with Gasteiger partial charge < -0.3 is 30.1 Å². The van der Waals surface area contributed by atoms with Crippen LogP contribution in [0.25, 0.3) is 0 Å². The van der Waals surface area contributed by atoms with Crippen LogP contribution in [0.2, 0.25) is 0 Å². The average Bonchev–Trinajstić information content (AvgIpc) is 2.88. The van der Waals surface area contributed by atoms with E-state index in [1.165, 1.54) is 4.90 Å². The molecule has 2 aromatic carbocycles. The maximum Gasteiger partial charge on any atom is 0.318 e. The molecular weight excluding hydrogens is 458 g/mol. The van der Waals surface area contributed by atoms with Gasteiger partial charge in [-0.1, -0.05) is 6.92 Å². The van der Waals surface area contributed by atoms with Crippen LogP contribution in [0.15, 0.2) is 48.5 Å². The predicted molar refractivity (Wildman–Crippen MR) is 142 cm³/mol. The quantitative estimate of drug-likeness (QED) is 0.556. The summed E-state index contributed by atoms with van der Waals surface area (Å²) in [5, 5.41) is 5.71. The maximum absolute atomic E-state index is 12.8. The minimum atomic E-state index is -0.235. The van der Waals surface area contributed by atoms with E-state index in [-0.39, 0.29) is 30.4 Å². The molecule has 1 fully saturated rings. The number of amides is 4. The Morgan fingerprint density at radius 3 is 2.17 bits per heavy atom. The lowest BCUT2D eigenvalue weighted by Gasteiger charge is -2.36. The Balaban J connectivity index is 1.50. The molecule has 9 nitrogen and oxygen atoms in total. The van der Waals surface area contributed by atoms with E-state index in [4.69, 9.17) is 4.74 Å². The maximum atomic E-state index is 12.8. The van der Waals surface area contributed by atoms with Crippen LogP contribution >= 0.6 is 0 Å². The number of nitrogens with zero attached hydrogens (tertiary/aromatic N) is 3. The molecule has 0 saturated carbocycles. The van der Waals surface area contributed by atoms with Crippen LogP contribution in [0.4, 0.5) is 16.2 Å². The van der Waals surface area contributed by atoms with Crippen molar-refractivity contribution in [3.8, 4) is 5.75 Å². The summed E-state index contributed by atoms with van der Waals surface area (Å²) in [4.78, 5) is 43.3. The second-order valence-corrected chi connectivity index (χ2v) is 9.13. The van der Waals surface area contributed by atoms with Gasteiger partial charge in [0.25, 0.3) is 5.91 Å². The molecule has 0 radical (unpaired) electrons. The van der Waals surface area contributed by atoms with E-state index in [1.807, 2.05) is 49.9 Å². The van der Waals surface area contributed by atoms with Crippen molar-refractivity contribution in [2.24, 2.45) is 0 Å². The summed E-state index contributed by atoms with van der Waals surface area (Å²) in [5.74, 6) is 0.515. The zero-order chi connectivity index (χ0) is 26.1. The van der Waals surface area contributed by atoms with E-state index < -0.39 is 0 Å². The number of rotatable bonds is 9. The molecule has 1 aliphatic rings. The number of benzene rings is 2. The Labute approximate surface area is 213 Å². The molecular formula is C27H37N5O4. The number of hydrogen-bond acceptors (Lipinski definition) is 5. The number of methoxy groups -OCH3 is 1. The van der Waals surface area contributed by atoms with Crippen molar-refractivity contribution in [2.75, 3.05) is 56.6 Å². The van der Waals surface area contributed by atoms with Gasteiger partial charge in [-0.25, -0.2) is 4.79 Å². The summed E-state index contributed by atoms with van der Waals surface area (Å²) in [6, 6.07) is 14.6. The summed E-state index contributed by atoms with van der Waals surface area (Å²) in [5.41, 5.74) is 2.37. The first-order chi connectivity index (χ1) is 17.3. The van der Waals surface area contributed by atoms with Crippen LogP contribution in [0.3, 0.4) is 0 Å². The molecule has 9 heteroatoms. The highest BCUT2D eigenvalue weighted by Gasteiger charge is 2.22. The summed E-state index contributed by atoms with van der Waals surface area (Å²) in [7, 11) is 1.60. The third-order valence-corrected chi connectivity index (χ3v) is 5.95. The van der Waals surface area contributed by atoms with E-state index in [1.54, 1.807) is 31.4 Å². The van der Waals surface area contributed by atoms with Crippen LogP contribution < -0.4 is 20.3 Å². The van der Waals surface area contributed by atoms with E-state index in [0.29, 0.717) is 30.9 Å². The van der Waals surface area contributed by atoms with Gasteiger partial charge in [0.2, 0.25) is 5.91 Å². The van der Waals surface area contributed by atoms with Crippen molar-refractivity contribution in [1.82, 2.24) is 15.1 Å². The Morgan fingerprint density at radius 2 is 1.61 bits per heavy atom. The lowest BCUT2D eigenvalue weighted by molar-refractivity contribution is -0.116. The van der Waals surface area contributed by atoms with Gasteiger partial charge in [0.05, 0.1) is 7.11 Å². The molecule has 4 amide bonds. The first-order valence-corrected chi connectivity index (χ1v) is 12.4. The largest absolute Gasteiger partial charge is 0.497 e. The van der Waals surface area contributed by atoms with Gasteiger partial charge in [-0.2, -0.15) is 0 Å². The number of hydrogen-bond donors (Lipinski definition) is 2. The molecule has 3 rings (SSSR count). The van der Waals surface area contributed by atoms with Gasteiger partial charge in [-0.05, 0) is 68.8 Å². The predicted octanol–water partition coefficient (Wildman–Crippen LogP) is 3.43. The standard InChI is InChI=1S/C27H37N5O4/c1-5-14-32(27(35)28-20(2)3)19-25(33)29-22-8-10-23(11-9-22)30-15-17-31(18-16-30)26(34)21-6-12-24(36-4)13-7-21/h6-13,20H,5,14-19H2,1-4H3,(H,28,35)(H,29,33). The Morgan fingerprint density at radius 1 is 0.972 bits per heavy atom. The van der Waals surface area contributed by atoms with Crippen LogP contribution in [0.1, 0.15) is 37.6 Å². The highest BCUT2D eigenvalue weighted by molar-refractivity contribution is 5.95. The Kier molecular flexibility index (Phi) is 9.55. The van der Waals surface area contributed by atoms with E-state index in [0.717, 1.165) is 30.9 Å². The molecule has 0 unspecified atom stereocenters. The zero-order valence-electron chi connectivity index (χ0n) is 21.6. The highest BCUT2D eigenvalue weighted by Crippen LogP contribution is 2.21. The first kappa shape index (κ1) is 26.8. The van der Waals surface area contributed by atoms with Crippen molar-refractivity contribution in [3.63, 3.8) is 0 Å². The average molecular weight is 496 g/mol. The highest BCUT2D eigenvalue weighted by atomic mass is 16.5. The van der Waals surface area contributed by atoms with Crippen molar-refractivity contribution >= 4 is 29.2 Å². The minimum Gasteiger partial charge on any atom is -0.497 e. The molecule has 36 heavy (non-hydrogen) atoms. The van der Waals surface area contributed by atoms with Crippen molar-refractivity contribution < 1.29 is 19.1 Å². The number of ether oxygens (including phenoxy) is 1. The number of piperazine rings is 1. The van der Waals surface area contributed by atoms with Crippen LogP contribution in [-0.2, 0) is 4.79 Å². The lowest BCUT2D eigenvalue weighted by atomic mass is 10.1. The van der Waals surface area contributed by atoms with Gasteiger partial charge in [0, 0.05) is 55.7 Å². The topological polar surface area (TPSA) is 94.2 Å². The Hall–Kier alpha value is -3.75. The lowest BCUT2D eigenvalue weighted by Crippen LogP contribution is -2.48. The molecule has 0 atom stereocenters. The van der Waals surface area contributed by atoms with Crippen LogP contribution in [-0.4, -0.2) is 80.1 Å². The number of carbonyl (C=O) groups excluding carboxylic acids is 3. The van der Waals surface area contributed by atoms with Crippen molar-refractivity contribution in [2.45, 2.75) is 33.2 Å². The monoisotopic (exact) mass is 495 g/mol. The summed E-state index contributed by atoms with van der Waals surface area (Å²) in [6.07, 6.45) is 0.770. The van der Waals surface area contributed by atoms with E-state index >= 15 is 0 Å². The van der Waals surface area contributed by atoms with E-state index in [9.17, 15) is 14.4 Å². The van der Waals surface area contributed by atoms with Crippen LogP contribution in [0, 0.1) is 0 Å². The third-order valence-electron chi connectivity index (χ3n) is 5.95. The van der Waals surface area contributed by atoms with Gasteiger partial charge >= 0.3 is 6.03 Å². The fourth-order valence-electron chi connectivity index (χ4n) is 4.07. The molecule has 0 aliphatic carbocycles. The molecule has 1 aliphatic heterocycles. The first-order valence-electron chi connectivity index (χ1n) is 12.4. The molecule has 0 aromatic heterocycles. The number of carbonyl (C=O) groups is 3. The molecule has 0 spiro atoms. The number of urea groups is 1. The van der Waals surface area contributed by atoms with Gasteiger partial charge in [0.1, 0.15) is 12.3 Å². The number of nitrogens with one attached hydrogen (secondary N) is 2. The summed E-state index contributed by atoms with van der Waals surface area (Å²) < 4.78 is 5.16. The third kappa shape index (κ3) is 7.37. The number of anilines is 2. The van der Waals surface area contributed by atoms with Gasteiger partial charge in [0.15, 0.2) is 0 Å². The fraction of sp³-hybridized carbons (Fsp3) is 0.444. The second kappa shape index (κ2) is 12.8. The van der Waals surface area contributed by atoms with E-state index in [2.05, 4.69) is 15.5 Å². The second-order valence-electron chi connectivity index (χ2n) is 9.13. The Bertz CT molecular complexity index is 1020. The molecule has 1 saturated heterocycles. The van der Waals surface area contributed by atoms with Crippen molar-refractivity contribution in [3.05, 3.63) is 54.1 Å². The van der Waals surface area contributed by atoms with Gasteiger partial charge in [-0.3, -0.25) is 9.59 Å². The SMILES string of the molecule is CCCN(CC(=O)Nc1ccc(N2CCN(C(=O)c3ccc(OC)cc3)CC2)cc1)C(=O)NC(C)C. The molecule has 2 N–H and O–H groups in total. The minimum absolute atomic E-state index is 0.00166. The normalized spacial score (nSPS) is 13.4. The molecule has 0 bridgehead atoms. The smallest absolute Gasteiger partial charge is 0.318 e. The zero-order valence-corrected chi connectivity index (χ0v) is 21.6.